The molecule has 0 unspecified atom stereocenters. The van der Waals surface area contributed by atoms with E-state index in [1.54, 1.807) is 13.3 Å². The molecule has 6 heteroatoms. The Labute approximate surface area is 154 Å². The molecule has 0 saturated carbocycles. The maximum Gasteiger partial charge on any atom is 0.140 e. The van der Waals surface area contributed by atoms with Crippen molar-refractivity contribution in [1.29, 1.82) is 0 Å². The molecule has 0 aliphatic carbocycles. The molecule has 0 spiro atoms. The molecule has 2 aliphatic heterocycles. The summed E-state index contributed by atoms with van der Waals surface area (Å²) >= 11 is 0. The summed E-state index contributed by atoms with van der Waals surface area (Å²) in [5, 5.41) is 20.8. The van der Waals surface area contributed by atoms with Gasteiger partial charge in [0.15, 0.2) is 0 Å². The first kappa shape index (κ1) is 17.5. The van der Waals surface area contributed by atoms with E-state index < -0.39 is 5.60 Å². The third-order valence-electron chi connectivity index (χ3n) is 6.04. The molecular formula is C20H27N3O3. The Morgan fingerprint density at radius 3 is 2.58 bits per heavy atom. The van der Waals surface area contributed by atoms with Crippen LogP contribution in [0.3, 0.4) is 0 Å². The average molecular weight is 357 g/mol. The van der Waals surface area contributed by atoms with Crippen LogP contribution in [0.2, 0.25) is 0 Å². The van der Waals surface area contributed by atoms with Crippen molar-refractivity contribution in [2.45, 2.75) is 56.5 Å². The molecule has 2 aliphatic rings. The van der Waals surface area contributed by atoms with Crippen LogP contribution in [0.15, 0.2) is 30.6 Å². The number of benzene rings is 1. The minimum atomic E-state index is -0.837. The molecule has 140 valence electrons. The first-order valence-corrected chi connectivity index (χ1v) is 9.26. The van der Waals surface area contributed by atoms with Crippen molar-refractivity contribution in [1.82, 2.24) is 14.5 Å². The topological polar surface area (TPSA) is 70.8 Å². The summed E-state index contributed by atoms with van der Waals surface area (Å²) in [5.74, 6) is 1.50. The van der Waals surface area contributed by atoms with E-state index in [4.69, 9.17) is 4.74 Å². The molecule has 4 rings (SSSR count). The fourth-order valence-corrected chi connectivity index (χ4v) is 4.84. The van der Waals surface area contributed by atoms with E-state index in [9.17, 15) is 10.2 Å². The second-order valence-electron chi connectivity index (χ2n) is 7.66. The maximum absolute atomic E-state index is 11.3. The highest BCUT2D eigenvalue weighted by Crippen LogP contribution is 2.45. The van der Waals surface area contributed by atoms with Crippen molar-refractivity contribution >= 4 is 0 Å². The van der Waals surface area contributed by atoms with Crippen LogP contribution in [0, 0.1) is 0 Å². The zero-order chi connectivity index (χ0) is 18.3. The number of fused-ring (bicyclic) bond motifs is 2. The van der Waals surface area contributed by atoms with Gasteiger partial charge in [0, 0.05) is 43.6 Å². The largest absolute Gasteiger partial charge is 0.496 e. The SMILES string of the molecule is COc1ccc(CN2[C@H]3CC[C@H]2CC(O)(c2nccn2C)C3)cc1CO. The normalized spacial score (nSPS) is 28.5. The Hall–Kier alpha value is -1.89. The number of aryl methyl sites for hydroxylation is 1. The van der Waals surface area contributed by atoms with Crippen LogP contribution in [0.5, 0.6) is 5.75 Å². The molecule has 0 amide bonds. The maximum atomic E-state index is 11.3. The highest BCUT2D eigenvalue weighted by atomic mass is 16.5. The number of aliphatic hydroxyl groups is 2. The fourth-order valence-electron chi connectivity index (χ4n) is 4.84. The van der Waals surface area contributed by atoms with E-state index in [0.717, 1.165) is 49.4 Å². The zero-order valence-electron chi connectivity index (χ0n) is 15.4. The predicted octanol–water partition coefficient (Wildman–Crippen LogP) is 1.94. The van der Waals surface area contributed by atoms with Crippen molar-refractivity contribution in [3.05, 3.63) is 47.5 Å². The summed E-state index contributed by atoms with van der Waals surface area (Å²) in [6, 6.07) is 6.73. The number of aliphatic hydroxyl groups excluding tert-OH is 1. The molecule has 1 aromatic heterocycles. The standard InChI is InChI=1S/C20H27N3O3/c1-22-8-7-21-19(22)20(25)10-16-4-5-17(11-20)23(16)12-14-3-6-18(26-2)15(9-14)13-24/h3,6-9,16-17,24-25H,4-5,10-13H2,1-2H3/t16-,17-/m0/s1. The Kier molecular flexibility index (Phi) is 4.50. The lowest BCUT2D eigenvalue weighted by molar-refractivity contribution is -0.0669. The molecule has 2 atom stereocenters. The van der Waals surface area contributed by atoms with E-state index in [-0.39, 0.29) is 6.61 Å². The molecule has 2 N–H and O–H groups in total. The fraction of sp³-hybridized carbons (Fsp3) is 0.550. The van der Waals surface area contributed by atoms with Crippen LogP contribution >= 0.6 is 0 Å². The highest BCUT2D eigenvalue weighted by Gasteiger charge is 2.49. The van der Waals surface area contributed by atoms with Gasteiger partial charge in [-0.1, -0.05) is 6.07 Å². The number of nitrogens with zero attached hydrogens (tertiary/aromatic N) is 3. The van der Waals surface area contributed by atoms with Crippen LogP contribution < -0.4 is 4.74 Å². The summed E-state index contributed by atoms with van der Waals surface area (Å²) in [5.41, 5.74) is 1.16. The number of ether oxygens (including phenoxy) is 1. The van der Waals surface area contributed by atoms with Gasteiger partial charge in [-0.15, -0.1) is 0 Å². The van der Waals surface area contributed by atoms with Gasteiger partial charge >= 0.3 is 0 Å². The number of methoxy groups -OCH3 is 1. The van der Waals surface area contributed by atoms with E-state index in [1.165, 1.54) is 5.56 Å². The van der Waals surface area contributed by atoms with Gasteiger partial charge in [-0.2, -0.15) is 0 Å². The first-order valence-electron chi connectivity index (χ1n) is 9.26. The Morgan fingerprint density at radius 2 is 2.00 bits per heavy atom. The van der Waals surface area contributed by atoms with Gasteiger partial charge in [0.25, 0.3) is 0 Å². The lowest BCUT2D eigenvalue weighted by Gasteiger charge is -2.43. The molecular weight excluding hydrogens is 330 g/mol. The number of hydrogen-bond donors (Lipinski definition) is 2. The van der Waals surface area contributed by atoms with Crippen molar-refractivity contribution in [3.8, 4) is 5.75 Å². The molecule has 2 aromatic rings. The van der Waals surface area contributed by atoms with Gasteiger partial charge in [-0.3, -0.25) is 4.90 Å². The van der Waals surface area contributed by atoms with Gasteiger partial charge in [0.1, 0.15) is 17.2 Å². The second kappa shape index (κ2) is 6.68. The summed E-state index contributed by atoms with van der Waals surface area (Å²) in [6.45, 7) is 0.811. The summed E-state index contributed by atoms with van der Waals surface area (Å²) in [7, 11) is 3.57. The van der Waals surface area contributed by atoms with Crippen LogP contribution in [0.1, 0.15) is 42.6 Å². The van der Waals surface area contributed by atoms with Gasteiger partial charge in [-0.25, -0.2) is 4.98 Å². The zero-order valence-corrected chi connectivity index (χ0v) is 15.4. The molecule has 26 heavy (non-hydrogen) atoms. The Balaban J connectivity index is 1.53. The molecule has 6 nitrogen and oxygen atoms in total. The minimum Gasteiger partial charge on any atom is -0.496 e. The second-order valence-corrected chi connectivity index (χ2v) is 7.66. The Bertz CT molecular complexity index is 774. The molecule has 0 radical (unpaired) electrons. The van der Waals surface area contributed by atoms with Crippen molar-refractivity contribution in [2.75, 3.05) is 7.11 Å². The van der Waals surface area contributed by atoms with E-state index in [0.29, 0.717) is 12.1 Å². The predicted molar refractivity (Wildman–Crippen MR) is 97.6 cm³/mol. The van der Waals surface area contributed by atoms with Gasteiger partial charge in [0.2, 0.25) is 0 Å². The number of piperidine rings is 1. The summed E-state index contributed by atoms with van der Waals surface area (Å²) < 4.78 is 7.24. The van der Waals surface area contributed by atoms with E-state index >= 15 is 0 Å². The van der Waals surface area contributed by atoms with Crippen LogP contribution in [0.25, 0.3) is 0 Å². The number of hydrogen-bond acceptors (Lipinski definition) is 5. The van der Waals surface area contributed by atoms with Gasteiger partial charge in [-0.05, 0) is 43.4 Å². The number of aromatic nitrogens is 2. The third kappa shape index (κ3) is 2.92. The van der Waals surface area contributed by atoms with E-state index in [2.05, 4.69) is 16.0 Å². The number of rotatable bonds is 5. The molecule has 2 fully saturated rings. The monoisotopic (exact) mass is 357 g/mol. The molecule has 3 heterocycles. The molecule has 2 bridgehead atoms. The average Bonchev–Trinajstić information content (AvgIpc) is 3.17. The van der Waals surface area contributed by atoms with Crippen LogP contribution in [0.4, 0.5) is 0 Å². The van der Waals surface area contributed by atoms with Gasteiger partial charge in [0.05, 0.1) is 13.7 Å². The summed E-state index contributed by atoms with van der Waals surface area (Å²) in [6.07, 6.45) is 7.32. The van der Waals surface area contributed by atoms with Crippen molar-refractivity contribution in [2.24, 2.45) is 7.05 Å². The molecule has 1 aromatic carbocycles. The van der Waals surface area contributed by atoms with Crippen molar-refractivity contribution in [3.63, 3.8) is 0 Å². The van der Waals surface area contributed by atoms with Crippen molar-refractivity contribution < 1.29 is 14.9 Å². The Morgan fingerprint density at radius 1 is 1.27 bits per heavy atom. The van der Waals surface area contributed by atoms with E-state index in [1.807, 2.05) is 29.9 Å². The smallest absolute Gasteiger partial charge is 0.140 e. The van der Waals surface area contributed by atoms with Crippen LogP contribution in [-0.4, -0.2) is 43.9 Å². The lowest BCUT2D eigenvalue weighted by Crippen LogP contribution is -2.50. The lowest BCUT2D eigenvalue weighted by atomic mass is 9.85. The minimum absolute atomic E-state index is 0.0250. The first-order chi connectivity index (χ1) is 12.5. The van der Waals surface area contributed by atoms with Gasteiger partial charge < -0.3 is 19.5 Å². The molecule has 2 saturated heterocycles. The quantitative estimate of drug-likeness (QED) is 0.856. The number of imidazole rings is 1. The summed E-state index contributed by atoms with van der Waals surface area (Å²) in [4.78, 5) is 6.93. The third-order valence-corrected chi connectivity index (χ3v) is 6.04. The van der Waals surface area contributed by atoms with Crippen LogP contribution in [-0.2, 0) is 25.8 Å². The highest BCUT2D eigenvalue weighted by molar-refractivity contribution is 5.37.